The van der Waals surface area contributed by atoms with Gasteiger partial charge >= 0.3 is 0 Å². The second-order valence-electron chi connectivity index (χ2n) is 2.95. The lowest BCUT2D eigenvalue weighted by Gasteiger charge is -2.13. The number of rotatable bonds is 6. The van der Waals surface area contributed by atoms with Gasteiger partial charge in [0.2, 0.25) is 0 Å². The van der Waals surface area contributed by atoms with Gasteiger partial charge in [-0.15, -0.1) is 0 Å². The van der Waals surface area contributed by atoms with Gasteiger partial charge in [-0.1, -0.05) is 11.6 Å². The van der Waals surface area contributed by atoms with Crippen molar-refractivity contribution >= 4 is 17.9 Å². The fourth-order valence-electron chi connectivity index (χ4n) is 1.21. The molecule has 0 aromatic heterocycles. The number of aldehydes is 1. The summed E-state index contributed by atoms with van der Waals surface area (Å²) in [7, 11) is 0. The first-order valence-corrected chi connectivity index (χ1v) is 5.25. The molecule has 0 spiro atoms. The summed E-state index contributed by atoms with van der Waals surface area (Å²) in [4.78, 5) is 10.6. The minimum absolute atomic E-state index is 0.114. The van der Waals surface area contributed by atoms with Crippen LogP contribution in [0, 0.1) is 0 Å². The molecular weight excluding hydrogens is 232 g/mol. The normalized spacial score (nSPS) is 9.94. The van der Waals surface area contributed by atoms with Crippen LogP contribution in [0.3, 0.4) is 0 Å². The molecule has 1 aromatic rings. The van der Waals surface area contributed by atoms with Crippen molar-refractivity contribution in [1.29, 1.82) is 0 Å². The molecule has 16 heavy (non-hydrogen) atoms. The SMILES string of the molecule is CCOc1cc(C=O)cc(Cl)c1OCCO. The van der Waals surface area contributed by atoms with Crippen molar-refractivity contribution < 1.29 is 19.4 Å². The maximum Gasteiger partial charge on any atom is 0.179 e. The van der Waals surface area contributed by atoms with Gasteiger partial charge < -0.3 is 14.6 Å². The minimum Gasteiger partial charge on any atom is -0.490 e. The van der Waals surface area contributed by atoms with Gasteiger partial charge in [0, 0.05) is 5.56 Å². The molecule has 0 aliphatic rings. The Kier molecular flexibility index (Phi) is 5.08. The zero-order valence-corrected chi connectivity index (χ0v) is 9.66. The molecular formula is C11H13ClO4. The Hall–Kier alpha value is -1.26. The molecule has 0 radical (unpaired) electrons. The number of aliphatic hydroxyl groups excluding tert-OH is 1. The third-order valence-electron chi connectivity index (χ3n) is 1.81. The second-order valence-corrected chi connectivity index (χ2v) is 3.36. The Morgan fingerprint density at radius 2 is 2.19 bits per heavy atom. The fourth-order valence-corrected chi connectivity index (χ4v) is 1.48. The summed E-state index contributed by atoms with van der Waals surface area (Å²) in [6, 6.07) is 3.04. The highest BCUT2D eigenvalue weighted by molar-refractivity contribution is 6.32. The predicted molar refractivity (Wildman–Crippen MR) is 60.6 cm³/mol. The number of carbonyl (C=O) groups excluding carboxylic acids is 1. The molecule has 88 valence electrons. The van der Waals surface area contributed by atoms with Gasteiger partial charge in [0.15, 0.2) is 11.5 Å². The first kappa shape index (κ1) is 12.8. The highest BCUT2D eigenvalue weighted by atomic mass is 35.5. The molecule has 0 heterocycles. The Labute approximate surface area is 98.7 Å². The first-order valence-electron chi connectivity index (χ1n) is 4.88. The number of hydrogen-bond acceptors (Lipinski definition) is 4. The maximum atomic E-state index is 10.6. The third kappa shape index (κ3) is 3.12. The van der Waals surface area contributed by atoms with E-state index in [4.69, 9.17) is 26.2 Å². The van der Waals surface area contributed by atoms with Gasteiger partial charge in [0.25, 0.3) is 0 Å². The summed E-state index contributed by atoms with van der Waals surface area (Å²) >= 11 is 5.94. The average Bonchev–Trinajstić information content (AvgIpc) is 2.28. The molecule has 1 rings (SSSR count). The largest absolute Gasteiger partial charge is 0.490 e. The van der Waals surface area contributed by atoms with Crippen LogP contribution >= 0.6 is 11.6 Å². The fraction of sp³-hybridized carbons (Fsp3) is 0.364. The van der Waals surface area contributed by atoms with E-state index in [1.165, 1.54) is 6.07 Å². The number of aliphatic hydroxyl groups is 1. The van der Waals surface area contributed by atoms with E-state index in [1.807, 2.05) is 6.92 Å². The van der Waals surface area contributed by atoms with Crippen LogP contribution in [0.2, 0.25) is 5.02 Å². The second kappa shape index (κ2) is 6.35. The van der Waals surface area contributed by atoms with E-state index in [9.17, 15) is 4.79 Å². The molecule has 0 amide bonds. The zero-order chi connectivity index (χ0) is 12.0. The van der Waals surface area contributed by atoms with E-state index in [2.05, 4.69) is 0 Å². The van der Waals surface area contributed by atoms with E-state index in [0.717, 1.165) is 0 Å². The number of halogens is 1. The van der Waals surface area contributed by atoms with Crippen LogP contribution < -0.4 is 9.47 Å². The van der Waals surface area contributed by atoms with E-state index in [0.29, 0.717) is 35.0 Å². The molecule has 0 saturated carbocycles. The molecule has 0 saturated heterocycles. The topological polar surface area (TPSA) is 55.8 Å². The summed E-state index contributed by atoms with van der Waals surface area (Å²) in [6.07, 6.45) is 0.685. The predicted octanol–water partition coefficient (Wildman–Crippen LogP) is 1.92. The van der Waals surface area contributed by atoms with Gasteiger partial charge in [-0.25, -0.2) is 0 Å². The van der Waals surface area contributed by atoms with Gasteiger partial charge in [-0.05, 0) is 19.1 Å². The Morgan fingerprint density at radius 1 is 1.44 bits per heavy atom. The standard InChI is InChI=1S/C11H13ClO4/c1-2-15-10-6-8(7-14)5-9(12)11(10)16-4-3-13/h5-7,13H,2-4H2,1H3. The van der Waals surface area contributed by atoms with Crippen LogP contribution in [0.15, 0.2) is 12.1 Å². The lowest BCUT2D eigenvalue weighted by molar-refractivity contribution is 0.112. The first-order chi connectivity index (χ1) is 7.72. The maximum absolute atomic E-state index is 10.6. The van der Waals surface area contributed by atoms with Crippen LogP contribution in [0.4, 0.5) is 0 Å². The van der Waals surface area contributed by atoms with Crippen molar-refractivity contribution in [1.82, 2.24) is 0 Å². The molecule has 1 N–H and O–H groups in total. The van der Waals surface area contributed by atoms with Gasteiger partial charge in [0.05, 0.1) is 18.2 Å². The Bertz CT molecular complexity index is 365. The number of hydrogen-bond donors (Lipinski definition) is 1. The van der Waals surface area contributed by atoms with E-state index < -0.39 is 0 Å². The molecule has 0 aliphatic carbocycles. The molecule has 5 heteroatoms. The Balaban J connectivity index is 3.06. The molecule has 0 fully saturated rings. The van der Waals surface area contributed by atoms with Crippen molar-refractivity contribution in [2.45, 2.75) is 6.92 Å². The molecule has 4 nitrogen and oxygen atoms in total. The van der Waals surface area contributed by atoms with Crippen molar-refractivity contribution in [2.75, 3.05) is 19.8 Å². The Morgan fingerprint density at radius 3 is 2.75 bits per heavy atom. The monoisotopic (exact) mass is 244 g/mol. The summed E-state index contributed by atoms with van der Waals surface area (Å²) in [6.45, 7) is 2.27. The van der Waals surface area contributed by atoms with Crippen molar-refractivity contribution in [3.05, 3.63) is 22.7 Å². The molecule has 0 bridgehead atoms. The summed E-state index contributed by atoms with van der Waals surface area (Å²) in [5.41, 5.74) is 0.421. The highest BCUT2D eigenvalue weighted by Crippen LogP contribution is 2.36. The van der Waals surface area contributed by atoms with Crippen LogP contribution in [0.5, 0.6) is 11.5 Å². The number of benzene rings is 1. The average molecular weight is 245 g/mol. The van der Waals surface area contributed by atoms with E-state index in [-0.39, 0.29) is 13.2 Å². The van der Waals surface area contributed by atoms with Gasteiger partial charge in [-0.3, -0.25) is 4.79 Å². The summed E-state index contributed by atoms with van der Waals surface area (Å²) < 4.78 is 10.6. The number of carbonyl (C=O) groups is 1. The lowest BCUT2D eigenvalue weighted by atomic mass is 10.2. The molecule has 0 aliphatic heterocycles. The molecule has 1 aromatic carbocycles. The van der Waals surface area contributed by atoms with Crippen molar-refractivity contribution in [3.8, 4) is 11.5 Å². The molecule has 0 atom stereocenters. The summed E-state index contributed by atoms with van der Waals surface area (Å²) in [5, 5.41) is 8.97. The highest BCUT2D eigenvalue weighted by Gasteiger charge is 2.12. The smallest absolute Gasteiger partial charge is 0.179 e. The van der Waals surface area contributed by atoms with Crippen LogP contribution in [0.25, 0.3) is 0 Å². The van der Waals surface area contributed by atoms with Crippen molar-refractivity contribution in [3.63, 3.8) is 0 Å². The number of ether oxygens (including phenoxy) is 2. The lowest BCUT2D eigenvalue weighted by Crippen LogP contribution is -2.05. The molecule has 0 unspecified atom stereocenters. The van der Waals surface area contributed by atoms with Crippen LogP contribution in [-0.2, 0) is 0 Å². The van der Waals surface area contributed by atoms with E-state index in [1.54, 1.807) is 6.07 Å². The van der Waals surface area contributed by atoms with Gasteiger partial charge in [0.1, 0.15) is 12.9 Å². The van der Waals surface area contributed by atoms with Crippen LogP contribution in [-0.4, -0.2) is 31.2 Å². The van der Waals surface area contributed by atoms with E-state index >= 15 is 0 Å². The third-order valence-corrected chi connectivity index (χ3v) is 2.09. The van der Waals surface area contributed by atoms with Gasteiger partial charge in [-0.2, -0.15) is 0 Å². The minimum atomic E-state index is -0.114. The van der Waals surface area contributed by atoms with Crippen molar-refractivity contribution in [2.24, 2.45) is 0 Å². The van der Waals surface area contributed by atoms with Crippen LogP contribution in [0.1, 0.15) is 17.3 Å². The zero-order valence-electron chi connectivity index (χ0n) is 8.90. The quantitative estimate of drug-likeness (QED) is 0.777. The summed E-state index contributed by atoms with van der Waals surface area (Å²) in [5.74, 6) is 0.758.